The molecule has 2 aromatic heterocycles. The van der Waals surface area contributed by atoms with E-state index in [2.05, 4.69) is 9.97 Å². The first kappa shape index (κ1) is 25.8. The highest BCUT2D eigenvalue weighted by Gasteiger charge is 2.28. The summed E-state index contributed by atoms with van der Waals surface area (Å²) >= 11 is 0. The number of fused-ring (bicyclic) bond motifs is 2. The first-order valence-electron chi connectivity index (χ1n) is 11.6. The van der Waals surface area contributed by atoms with Crippen molar-refractivity contribution in [2.24, 2.45) is 17.2 Å². The third-order valence-electron chi connectivity index (χ3n) is 5.94. The van der Waals surface area contributed by atoms with Crippen LogP contribution in [0, 0.1) is 0 Å². The van der Waals surface area contributed by atoms with Crippen LogP contribution in [0.1, 0.15) is 17.5 Å². The fourth-order valence-electron chi connectivity index (χ4n) is 3.98. The molecule has 0 radical (unpaired) electrons. The van der Waals surface area contributed by atoms with E-state index in [-0.39, 0.29) is 12.8 Å². The first-order chi connectivity index (χ1) is 17.7. The van der Waals surface area contributed by atoms with Gasteiger partial charge in [0.2, 0.25) is 0 Å². The molecule has 4 rings (SSSR count). The van der Waals surface area contributed by atoms with Crippen molar-refractivity contribution in [3.05, 3.63) is 72.1 Å². The predicted molar refractivity (Wildman–Crippen MR) is 135 cm³/mol. The molecule has 0 saturated heterocycles. The van der Waals surface area contributed by atoms with E-state index in [4.69, 9.17) is 26.7 Å². The number of nitrogens with one attached hydrogen (secondary N) is 2. The number of H-pyrrole nitrogens is 2. The first-order valence-corrected chi connectivity index (χ1v) is 11.6. The molecule has 11 nitrogen and oxygen atoms in total. The number of para-hydroxylation sites is 2. The van der Waals surface area contributed by atoms with Crippen LogP contribution in [0.2, 0.25) is 0 Å². The van der Waals surface area contributed by atoms with Crippen LogP contribution >= 0.6 is 0 Å². The highest BCUT2D eigenvalue weighted by atomic mass is 16.6. The Labute approximate surface area is 211 Å². The summed E-state index contributed by atoms with van der Waals surface area (Å²) in [4.78, 5) is 55.1. The van der Waals surface area contributed by atoms with Gasteiger partial charge in [-0.2, -0.15) is 0 Å². The average molecular weight is 506 g/mol. The molecule has 0 bridgehead atoms. The summed E-state index contributed by atoms with van der Waals surface area (Å²) in [5, 5.41) is 1.79. The summed E-state index contributed by atoms with van der Waals surface area (Å²) in [6.07, 6.45) is 3.02. The van der Waals surface area contributed by atoms with Gasteiger partial charge >= 0.3 is 23.9 Å². The standard InChI is InChI=1S/C26H27N5O6/c27-18(9-14-12-30-21-7-3-1-5-16(14)21)24(33)36-23(32)11-20(29)26(35)37-25(34)19(28)10-15-13-31-22-8-4-2-6-17(15)22/h1-8,12-13,18-20,30-31H,9-11,27-29H2/t18-,19-,20-/m0/s1. The Hall–Kier alpha value is -4.32. The maximum atomic E-state index is 12.3. The molecule has 0 aliphatic heterocycles. The van der Waals surface area contributed by atoms with E-state index in [0.717, 1.165) is 32.9 Å². The highest BCUT2D eigenvalue weighted by Crippen LogP contribution is 2.20. The third-order valence-corrected chi connectivity index (χ3v) is 5.94. The van der Waals surface area contributed by atoms with E-state index >= 15 is 0 Å². The Morgan fingerprint density at radius 2 is 1.08 bits per heavy atom. The fourth-order valence-corrected chi connectivity index (χ4v) is 3.98. The predicted octanol–water partition coefficient (Wildman–Crippen LogP) is 0.946. The van der Waals surface area contributed by atoms with E-state index < -0.39 is 48.4 Å². The maximum Gasteiger partial charge on any atom is 0.331 e. The van der Waals surface area contributed by atoms with Gasteiger partial charge in [-0.25, -0.2) is 14.4 Å². The van der Waals surface area contributed by atoms with E-state index in [1.54, 1.807) is 12.4 Å². The largest absolute Gasteiger partial charge is 0.392 e. The van der Waals surface area contributed by atoms with Gasteiger partial charge in [-0.1, -0.05) is 36.4 Å². The number of benzene rings is 2. The van der Waals surface area contributed by atoms with Gasteiger partial charge < -0.3 is 36.6 Å². The molecule has 0 spiro atoms. The van der Waals surface area contributed by atoms with Gasteiger partial charge in [-0.15, -0.1) is 0 Å². The van der Waals surface area contributed by atoms with E-state index in [9.17, 15) is 19.2 Å². The SMILES string of the molecule is N[C@@H](Cc1c[nH]c2ccccc12)C(=O)OC(=O)C[C@H](N)C(=O)OC(=O)[C@@H](N)Cc1c[nH]c2ccccc12. The van der Waals surface area contributed by atoms with E-state index in [1.165, 1.54) is 0 Å². The summed E-state index contributed by atoms with van der Waals surface area (Å²) < 4.78 is 9.48. The molecule has 2 heterocycles. The number of hydrogen-bond donors (Lipinski definition) is 5. The molecule has 4 aromatic rings. The normalized spacial score (nSPS) is 13.7. The number of aromatic nitrogens is 2. The number of rotatable bonds is 9. The summed E-state index contributed by atoms with van der Waals surface area (Å²) in [7, 11) is 0. The molecule has 0 aliphatic carbocycles. The van der Waals surface area contributed by atoms with Crippen molar-refractivity contribution in [2.45, 2.75) is 37.4 Å². The van der Waals surface area contributed by atoms with Crippen molar-refractivity contribution in [1.82, 2.24) is 9.97 Å². The molecule has 11 heteroatoms. The van der Waals surface area contributed by atoms with Crippen LogP contribution in [0.4, 0.5) is 0 Å². The third kappa shape index (κ3) is 6.09. The molecule has 8 N–H and O–H groups in total. The topological polar surface area (TPSA) is 196 Å². The molecule has 3 atom stereocenters. The Kier molecular flexibility index (Phi) is 7.77. The number of carbonyl (C=O) groups excluding carboxylic acids is 4. The Bertz CT molecular complexity index is 1460. The molecule has 37 heavy (non-hydrogen) atoms. The summed E-state index contributed by atoms with van der Waals surface area (Å²) in [6, 6.07) is 11.2. The Morgan fingerprint density at radius 3 is 1.59 bits per heavy atom. The summed E-state index contributed by atoms with van der Waals surface area (Å²) in [5.74, 6) is -4.19. The molecule has 0 unspecified atom stereocenters. The molecule has 0 saturated carbocycles. The molecule has 0 amide bonds. The second-order valence-electron chi connectivity index (χ2n) is 8.68. The van der Waals surface area contributed by atoms with E-state index in [1.807, 2.05) is 48.5 Å². The molecule has 2 aromatic carbocycles. The number of aromatic amines is 2. The van der Waals surface area contributed by atoms with Gasteiger partial charge in [-0.3, -0.25) is 4.79 Å². The van der Waals surface area contributed by atoms with Crippen LogP contribution in [0.5, 0.6) is 0 Å². The number of ether oxygens (including phenoxy) is 2. The number of nitrogens with two attached hydrogens (primary N) is 3. The lowest BCUT2D eigenvalue weighted by Gasteiger charge is -2.14. The van der Waals surface area contributed by atoms with Gasteiger partial charge in [0.15, 0.2) is 0 Å². The lowest BCUT2D eigenvalue weighted by molar-refractivity contribution is -0.166. The van der Waals surface area contributed by atoms with Crippen LogP contribution in [-0.2, 0) is 41.5 Å². The number of esters is 4. The van der Waals surface area contributed by atoms with Gasteiger partial charge in [0.1, 0.15) is 18.1 Å². The smallest absolute Gasteiger partial charge is 0.331 e. The minimum Gasteiger partial charge on any atom is -0.392 e. The van der Waals surface area contributed by atoms with Crippen molar-refractivity contribution < 1.29 is 28.7 Å². The van der Waals surface area contributed by atoms with Crippen molar-refractivity contribution >= 4 is 45.7 Å². The van der Waals surface area contributed by atoms with Gasteiger partial charge in [0, 0.05) is 47.0 Å². The van der Waals surface area contributed by atoms with Crippen LogP contribution < -0.4 is 17.2 Å². The summed E-state index contributed by atoms with van der Waals surface area (Å²) in [5.41, 5.74) is 20.8. The minimum absolute atomic E-state index is 0.121. The van der Waals surface area contributed by atoms with Crippen molar-refractivity contribution in [2.75, 3.05) is 0 Å². The second kappa shape index (κ2) is 11.2. The lowest BCUT2D eigenvalue weighted by atomic mass is 10.1. The van der Waals surface area contributed by atoms with Crippen LogP contribution in [0.3, 0.4) is 0 Å². The van der Waals surface area contributed by atoms with Crippen molar-refractivity contribution in [3.8, 4) is 0 Å². The lowest BCUT2D eigenvalue weighted by Crippen LogP contribution is -2.42. The summed E-state index contributed by atoms with van der Waals surface area (Å²) in [6.45, 7) is 0. The van der Waals surface area contributed by atoms with Crippen molar-refractivity contribution in [3.63, 3.8) is 0 Å². The number of carbonyl (C=O) groups is 4. The van der Waals surface area contributed by atoms with Gasteiger partial charge in [0.05, 0.1) is 6.42 Å². The monoisotopic (exact) mass is 505 g/mol. The maximum absolute atomic E-state index is 12.3. The zero-order valence-corrected chi connectivity index (χ0v) is 19.8. The van der Waals surface area contributed by atoms with Gasteiger partial charge in [-0.05, 0) is 23.3 Å². The van der Waals surface area contributed by atoms with Crippen LogP contribution in [0.15, 0.2) is 60.9 Å². The van der Waals surface area contributed by atoms with E-state index in [0.29, 0.717) is 0 Å². The molecule has 0 aliphatic rings. The average Bonchev–Trinajstić information content (AvgIpc) is 3.48. The fraction of sp³-hybridized carbons (Fsp3) is 0.231. The number of hydrogen-bond acceptors (Lipinski definition) is 9. The molecular weight excluding hydrogens is 478 g/mol. The van der Waals surface area contributed by atoms with Gasteiger partial charge in [0.25, 0.3) is 0 Å². The zero-order chi connectivity index (χ0) is 26.5. The Balaban J connectivity index is 1.24. The van der Waals surface area contributed by atoms with Crippen LogP contribution in [-0.4, -0.2) is 52.0 Å². The minimum atomic E-state index is -1.53. The van der Waals surface area contributed by atoms with Crippen molar-refractivity contribution in [1.29, 1.82) is 0 Å². The Morgan fingerprint density at radius 1 is 0.649 bits per heavy atom. The van der Waals surface area contributed by atoms with Crippen LogP contribution in [0.25, 0.3) is 21.8 Å². The quantitative estimate of drug-likeness (QED) is 0.162. The highest BCUT2D eigenvalue weighted by molar-refractivity contribution is 5.95. The second-order valence-corrected chi connectivity index (χ2v) is 8.68. The zero-order valence-electron chi connectivity index (χ0n) is 19.8. The molecule has 0 fully saturated rings. The molecular formula is C26H27N5O6. The molecule has 192 valence electrons.